The third-order valence-electron chi connectivity index (χ3n) is 4.55. The molecule has 1 aliphatic heterocycles. The van der Waals surface area contributed by atoms with E-state index in [0.717, 1.165) is 17.9 Å². The van der Waals surface area contributed by atoms with E-state index in [-0.39, 0.29) is 18.2 Å². The van der Waals surface area contributed by atoms with Gasteiger partial charge in [-0.15, -0.1) is 0 Å². The number of hydrazine groups is 1. The fourth-order valence-corrected chi connectivity index (χ4v) is 3.09. The Kier molecular flexibility index (Phi) is 4.55. The number of anilines is 1. The topological polar surface area (TPSA) is 59.3 Å². The zero-order chi connectivity index (χ0) is 16.4. The molecule has 3 unspecified atom stereocenters. The van der Waals surface area contributed by atoms with Crippen LogP contribution in [-0.2, 0) is 0 Å². The number of nitrogens with one attached hydrogen (secondary N) is 2. The lowest BCUT2D eigenvalue weighted by molar-refractivity contribution is 0.174. The second-order valence-corrected chi connectivity index (χ2v) is 6.39. The van der Waals surface area contributed by atoms with Gasteiger partial charge in [0.25, 0.3) is 0 Å². The summed E-state index contributed by atoms with van der Waals surface area (Å²) in [7, 11) is 0. The number of para-hydroxylation sites is 1. The smallest absolute Gasteiger partial charge is 0.125 e. The minimum atomic E-state index is 0.0843. The highest BCUT2D eigenvalue weighted by molar-refractivity contribution is 5.41. The van der Waals surface area contributed by atoms with Crippen molar-refractivity contribution in [2.75, 3.05) is 5.73 Å². The fraction of sp³-hybridized carbons (Fsp3) is 0.368. The number of hydrogen-bond donors (Lipinski definition) is 3. The van der Waals surface area contributed by atoms with E-state index in [1.807, 2.05) is 12.1 Å². The monoisotopic (exact) mass is 311 g/mol. The van der Waals surface area contributed by atoms with Crippen molar-refractivity contribution in [3.63, 3.8) is 0 Å². The van der Waals surface area contributed by atoms with E-state index in [4.69, 9.17) is 10.5 Å². The maximum absolute atomic E-state index is 6.24. The molecule has 3 rings (SSSR count). The van der Waals surface area contributed by atoms with E-state index >= 15 is 0 Å². The van der Waals surface area contributed by atoms with Gasteiger partial charge in [-0.25, -0.2) is 5.43 Å². The van der Waals surface area contributed by atoms with Gasteiger partial charge in [0.05, 0.1) is 6.04 Å². The molecular formula is C19H25N3O. The second-order valence-electron chi connectivity index (χ2n) is 6.39. The Morgan fingerprint density at radius 2 is 1.70 bits per heavy atom. The van der Waals surface area contributed by atoms with Crippen LogP contribution in [0.1, 0.15) is 36.1 Å². The van der Waals surface area contributed by atoms with Crippen molar-refractivity contribution in [1.82, 2.24) is 10.9 Å². The third-order valence-corrected chi connectivity index (χ3v) is 4.55. The summed E-state index contributed by atoms with van der Waals surface area (Å²) in [5.74, 6) is 0.998. The Hall–Kier alpha value is -2.04. The molecule has 122 valence electrons. The van der Waals surface area contributed by atoms with Crippen LogP contribution < -0.4 is 21.3 Å². The van der Waals surface area contributed by atoms with E-state index in [1.165, 1.54) is 16.7 Å². The van der Waals surface area contributed by atoms with Crippen molar-refractivity contribution < 1.29 is 4.74 Å². The van der Waals surface area contributed by atoms with Crippen molar-refractivity contribution in [2.24, 2.45) is 0 Å². The Morgan fingerprint density at radius 1 is 1.04 bits per heavy atom. The SMILES string of the molecule is Cc1cccc(C)c1OC(C)C1CC(c2ccc(N)cc2)NN1. The summed E-state index contributed by atoms with van der Waals surface area (Å²) >= 11 is 0. The number of nitrogen functional groups attached to an aromatic ring is 1. The lowest BCUT2D eigenvalue weighted by atomic mass is 9.99. The van der Waals surface area contributed by atoms with Gasteiger partial charge in [-0.3, -0.25) is 5.43 Å². The maximum Gasteiger partial charge on any atom is 0.125 e. The van der Waals surface area contributed by atoms with Crippen LogP contribution in [0.5, 0.6) is 5.75 Å². The van der Waals surface area contributed by atoms with Gasteiger partial charge >= 0.3 is 0 Å². The maximum atomic E-state index is 6.24. The first-order valence-corrected chi connectivity index (χ1v) is 8.14. The molecule has 1 fully saturated rings. The molecular weight excluding hydrogens is 286 g/mol. The Morgan fingerprint density at radius 3 is 2.35 bits per heavy atom. The molecule has 3 atom stereocenters. The number of ether oxygens (including phenoxy) is 1. The average molecular weight is 311 g/mol. The van der Waals surface area contributed by atoms with Crippen molar-refractivity contribution >= 4 is 5.69 Å². The van der Waals surface area contributed by atoms with Crippen LogP contribution in [-0.4, -0.2) is 12.1 Å². The van der Waals surface area contributed by atoms with Crippen LogP contribution >= 0.6 is 0 Å². The minimum Gasteiger partial charge on any atom is -0.488 e. The summed E-state index contributed by atoms with van der Waals surface area (Å²) in [4.78, 5) is 0. The van der Waals surface area contributed by atoms with Crippen molar-refractivity contribution in [3.8, 4) is 5.75 Å². The lowest BCUT2D eigenvalue weighted by Crippen LogP contribution is -2.40. The molecule has 4 nitrogen and oxygen atoms in total. The normalized spacial score (nSPS) is 22.0. The minimum absolute atomic E-state index is 0.0843. The quantitative estimate of drug-likeness (QED) is 0.759. The highest BCUT2D eigenvalue weighted by atomic mass is 16.5. The average Bonchev–Trinajstić information content (AvgIpc) is 3.02. The lowest BCUT2D eigenvalue weighted by Gasteiger charge is -2.23. The molecule has 0 radical (unpaired) electrons. The fourth-order valence-electron chi connectivity index (χ4n) is 3.09. The molecule has 0 spiro atoms. The molecule has 0 bridgehead atoms. The summed E-state index contributed by atoms with van der Waals surface area (Å²) in [5, 5.41) is 0. The highest BCUT2D eigenvalue weighted by Gasteiger charge is 2.30. The first-order valence-electron chi connectivity index (χ1n) is 8.14. The van der Waals surface area contributed by atoms with Gasteiger partial charge in [-0.05, 0) is 56.0 Å². The van der Waals surface area contributed by atoms with Gasteiger partial charge in [0, 0.05) is 11.7 Å². The Bertz CT molecular complexity index is 649. The van der Waals surface area contributed by atoms with E-state index in [2.05, 4.69) is 62.0 Å². The summed E-state index contributed by atoms with van der Waals surface area (Å²) < 4.78 is 6.24. The molecule has 0 aliphatic carbocycles. The van der Waals surface area contributed by atoms with Crippen molar-refractivity contribution in [3.05, 3.63) is 59.2 Å². The van der Waals surface area contributed by atoms with E-state index in [1.54, 1.807) is 0 Å². The molecule has 1 saturated heterocycles. The molecule has 0 saturated carbocycles. The molecule has 1 heterocycles. The zero-order valence-electron chi connectivity index (χ0n) is 14.0. The Labute approximate surface area is 138 Å². The zero-order valence-corrected chi connectivity index (χ0v) is 14.0. The van der Waals surface area contributed by atoms with Crippen LogP contribution in [0.15, 0.2) is 42.5 Å². The second kappa shape index (κ2) is 6.60. The van der Waals surface area contributed by atoms with Gasteiger partial charge in [-0.1, -0.05) is 30.3 Å². The molecule has 2 aromatic rings. The first-order chi connectivity index (χ1) is 11.0. The van der Waals surface area contributed by atoms with Crippen molar-refractivity contribution in [1.29, 1.82) is 0 Å². The number of aryl methyl sites for hydroxylation is 2. The largest absolute Gasteiger partial charge is 0.488 e. The molecule has 23 heavy (non-hydrogen) atoms. The van der Waals surface area contributed by atoms with Gasteiger partial charge in [0.15, 0.2) is 0 Å². The van der Waals surface area contributed by atoms with Gasteiger partial charge in [0.1, 0.15) is 11.9 Å². The third kappa shape index (κ3) is 3.49. The molecule has 4 N–H and O–H groups in total. The van der Waals surface area contributed by atoms with Crippen LogP contribution in [0, 0.1) is 13.8 Å². The molecule has 1 aliphatic rings. The van der Waals surface area contributed by atoms with Crippen LogP contribution in [0.4, 0.5) is 5.69 Å². The van der Waals surface area contributed by atoms with Gasteiger partial charge in [-0.2, -0.15) is 0 Å². The number of rotatable bonds is 4. The number of nitrogens with two attached hydrogens (primary N) is 1. The van der Waals surface area contributed by atoms with E-state index < -0.39 is 0 Å². The van der Waals surface area contributed by atoms with Crippen LogP contribution in [0.3, 0.4) is 0 Å². The molecule has 0 amide bonds. The van der Waals surface area contributed by atoms with E-state index in [9.17, 15) is 0 Å². The highest BCUT2D eigenvalue weighted by Crippen LogP contribution is 2.28. The van der Waals surface area contributed by atoms with E-state index in [0.29, 0.717) is 0 Å². The molecule has 2 aromatic carbocycles. The standard InChI is InChI=1S/C19H25N3O/c1-12-5-4-6-13(2)19(12)23-14(3)17-11-18(22-21-17)15-7-9-16(20)10-8-15/h4-10,14,17-18,21-22H,11,20H2,1-3H3. The summed E-state index contributed by atoms with van der Waals surface area (Å²) in [6.45, 7) is 6.30. The Balaban J connectivity index is 1.65. The number of hydrogen-bond acceptors (Lipinski definition) is 4. The molecule has 0 aromatic heterocycles. The van der Waals surface area contributed by atoms with Gasteiger partial charge in [0.2, 0.25) is 0 Å². The number of benzene rings is 2. The molecule has 4 heteroatoms. The summed E-state index contributed by atoms with van der Waals surface area (Å²) in [6.07, 6.45) is 1.07. The van der Waals surface area contributed by atoms with Crippen LogP contribution in [0.2, 0.25) is 0 Å². The predicted molar refractivity (Wildman–Crippen MR) is 94.3 cm³/mol. The van der Waals surface area contributed by atoms with Crippen LogP contribution in [0.25, 0.3) is 0 Å². The first kappa shape index (κ1) is 15.8. The predicted octanol–water partition coefficient (Wildman–Crippen LogP) is 3.26. The summed E-state index contributed by atoms with van der Waals surface area (Å²) in [5.41, 5.74) is 16.9. The van der Waals surface area contributed by atoms with Gasteiger partial charge < -0.3 is 10.5 Å². The summed E-state index contributed by atoms with van der Waals surface area (Å²) in [6, 6.07) is 14.8. The van der Waals surface area contributed by atoms with Crippen molar-refractivity contribution in [2.45, 2.75) is 45.4 Å².